The number of halogens is 1. The minimum absolute atomic E-state index is 0.223. The highest BCUT2D eigenvalue weighted by Crippen LogP contribution is 2.40. The van der Waals surface area contributed by atoms with E-state index in [0.29, 0.717) is 5.92 Å². The van der Waals surface area contributed by atoms with Crippen LogP contribution in [0.4, 0.5) is 4.39 Å². The number of hydrogen-bond donors (Lipinski definition) is 1. The first-order valence-corrected chi connectivity index (χ1v) is 10.5. The number of nitrogens with one attached hydrogen (secondary N) is 1. The summed E-state index contributed by atoms with van der Waals surface area (Å²) in [5.41, 5.74) is 5.83. The maximum Gasteiger partial charge on any atom is 0.123 e. The summed E-state index contributed by atoms with van der Waals surface area (Å²) < 4.78 is 21.7. The lowest BCUT2D eigenvalue weighted by Gasteiger charge is -2.25. The van der Waals surface area contributed by atoms with E-state index in [-0.39, 0.29) is 5.82 Å². The number of aryl methyl sites for hydroxylation is 1. The predicted octanol–water partition coefficient (Wildman–Crippen LogP) is 5.17. The number of rotatable bonds is 5. The van der Waals surface area contributed by atoms with Crippen LogP contribution in [0.1, 0.15) is 36.4 Å². The first-order chi connectivity index (χ1) is 14.8. The molecule has 2 aromatic carbocycles. The lowest BCUT2D eigenvalue weighted by atomic mass is 9.91. The molecular formula is C24H25FN4O. The quantitative estimate of drug-likeness (QED) is 0.466. The van der Waals surface area contributed by atoms with Crippen LogP contribution >= 0.6 is 0 Å². The summed E-state index contributed by atoms with van der Waals surface area (Å²) >= 11 is 0. The van der Waals surface area contributed by atoms with Gasteiger partial charge in [-0.05, 0) is 73.9 Å². The van der Waals surface area contributed by atoms with Crippen molar-refractivity contribution in [3.05, 3.63) is 59.7 Å². The van der Waals surface area contributed by atoms with Gasteiger partial charge in [-0.15, -0.1) is 0 Å². The fourth-order valence-corrected chi connectivity index (χ4v) is 4.68. The van der Waals surface area contributed by atoms with Crippen LogP contribution in [0.2, 0.25) is 0 Å². The molecule has 0 saturated carbocycles. The van der Waals surface area contributed by atoms with Gasteiger partial charge in [0.05, 0.1) is 17.2 Å². The zero-order valence-electron chi connectivity index (χ0n) is 17.1. The van der Waals surface area contributed by atoms with Crippen LogP contribution in [0.25, 0.3) is 27.5 Å². The summed E-state index contributed by atoms with van der Waals surface area (Å²) in [6, 6.07) is 11.2. The Morgan fingerprint density at radius 1 is 1.23 bits per heavy atom. The summed E-state index contributed by atoms with van der Waals surface area (Å²) in [5.74, 6) is 0.181. The van der Waals surface area contributed by atoms with E-state index in [1.807, 2.05) is 31.6 Å². The van der Waals surface area contributed by atoms with E-state index in [1.165, 1.54) is 28.8 Å². The Morgan fingerprint density at radius 2 is 2.03 bits per heavy atom. The number of aromatic amines is 1. The molecule has 4 aromatic rings. The molecule has 5 rings (SSSR count). The highest BCUT2D eigenvalue weighted by atomic mass is 19.1. The van der Waals surface area contributed by atoms with E-state index in [1.54, 1.807) is 0 Å². The van der Waals surface area contributed by atoms with Gasteiger partial charge in [-0.1, -0.05) is 0 Å². The Hall–Kier alpha value is -2.99. The van der Waals surface area contributed by atoms with Gasteiger partial charge in [-0.2, -0.15) is 5.10 Å². The van der Waals surface area contributed by atoms with Crippen LogP contribution in [0, 0.1) is 5.82 Å². The smallest absolute Gasteiger partial charge is 0.123 e. The highest BCUT2D eigenvalue weighted by Gasteiger charge is 2.27. The number of aromatic nitrogens is 3. The summed E-state index contributed by atoms with van der Waals surface area (Å²) in [7, 11) is 1.81. The molecular weight excluding hydrogens is 379 g/mol. The average Bonchev–Trinajstić information content (AvgIpc) is 3.36. The van der Waals surface area contributed by atoms with E-state index in [0.717, 1.165) is 61.0 Å². The standard InChI is InChI=1S/C24H25FN4O/c1-26-10-2-3-20-21-14-22-17(15-27-28-22)13-23(21)29(19-6-4-18(25)5-7-19)24(20)16-8-11-30-12-9-16/h4-7,10,13-16H,2-3,8-9,11-12H2,1H3,(H,27,28)/b26-10-. The van der Waals surface area contributed by atoms with Crippen molar-refractivity contribution in [1.29, 1.82) is 0 Å². The molecule has 1 aliphatic rings. The topological polar surface area (TPSA) is 55.2 Å². The minimum atomic E-state index is -0.223. The lowest BCUT2D eigenvalue weighted by Crippen LogP contribution is -2.18. The average molecular weight is 404 g/mol. The Bertz CT molecular complexity index is 1200. The molecule has 1 aliphatic heterocycles. The molecule has 6 heteroatoms. The van der Waals surface area contributed by atoms with Crippen molar-refractivity contribution in [1.82, 2.24) is 14.8 Å². The number of hydrogen-bond acceptors (Lipinski definition) is 3. The molecule has 1 fully saturated rings. The van der Waals surface area contributed by atoms with Crippen LogP contribution in [0.5, 0.6) is 0 Å². The van der Waals surface area contributed by atoms with Crippen LogP contribution < -0.4 is 0 Å². The van der Waals surface area contributed by atoms with Crippen molar-refractivity contribution in [2.75, 3.05) is 20.3 Å². The van der Waals surface area contributed by atoms with Crippen molar-refractivity contribution in [3.8, 4) is 5.69 Å². The van der Waals surface area contributed by atoms with E-state index in [2.05, 4.69) is 31.9 Å². The van der Waals surface area contributed by atoms with Gasteiger partial charge >= 0.3 is 0 Å². The third-order valence-corrected chi connectivity index (χ3v) is 6.07. The molecule has 0 atom stereocenters. The van der Waals surface area contributed by atoms with Crippen LogP contribution in [-0.4, -0.2) is 41.2 Å². The monoisotopic (exact) mass is 404 g/mol. The van der Waals surface area contributed by atoms with Gasteiger partial charge < -0.3 is 14.3 Å². The summed E-state index contributed by atoms with van der Waals surface area (Å²) in [4.78, 5) is 4.18. The molecule has 5 nitrogen and oxygen atoms in total. The van der Waals surface area contributed by atoms with E-state index >= 15 is 0 Å². The normalized spacial score (nSPS) is 15.7. The summed E-state index contributed by atoms with van der Waals surface area (Å²) in [6.07, 6.45) is 7.61. The van der Waals surface area contributed by atoms with E-state index in [9.17, 15) is 4.39 Å². The second-order valence-corrected chi connectivity index (χ2v) is 7.87. The fourth-order valence-electron chi connectivity index (χ4n) is 4.68. The van der Waals surface area contributed by atoms with Crippen LogP contribution in [0.3, 0.4) is 0 Å². The molecule has 0 unspecified atom stereocenters. The van der Waals surface area contributed by atoms with Gasteiger partial charge in [-0.25, -0.2) is 4.39 Å². The highest BCUT2D eigenvalue weighted by molar-refractivity contribution is 5.98. The van der Waals surface area contributed by atoms with Gasteiger partial charge in [0.1, 0.15) is 5.82 Å². The zero-order chi connectivity index (χ0) is 20.5. The summed E-state index contributed by atoms with van der Waals surface area (Å²) in [5, 5.41) is 9.62. The lowest BCUT2D eigenvalue weighted by molar-refractivity contribution is 0.0841. The molecule has 154 valence electrons. The van der Waals surface area contributed by atoms with Crippen molar-refractivity contribution >= 4 is 28.0 Å². The van der Waals surface area contributed by atoms with Gasteiger partial charge in [0.25, 0.3) is 0 Å². The molecule has 0 amide bonds. The molecule has 1 saturated heterocycles. The summed E-state index contributed by atoms with van der Waals surface area (Å²) in [6.45, 7) is 1.55. The Morgan fingerprint density at radius 3 is 2.80 bits per heavy atom. The van der Waals surface area contributed by atoms with Crippen molar-refractivity contribution in [2.45, 2.75) is 31.6 Å². The van der Waals surface area contributed by atoms with E-state index in [4.69, 9.17) is 4.74 Å². The van der Waals surface area contributed by atoms with Crippen LogP contribution in [0.15, 0.2) is 47.6 Å². The van der Waals surface area contributed by atoms with Crippen molar-refractivity contribution < 1.29 is 9.13 Å². The number of aliphatic imine (C=N–C) groups is 1. The minimum Gasteiger partial charge on any atom is -0.381 e. The molecule has 1 N–H and O–H groups in total. The number of H-pyrrole nitrogens is 1. The number of fused-ring (bicyclic) bond motifs is 2. The maximum atomic E-state index is 13.7. The molecule has 0 spiro atoms. The largest absolute Gasteiger partial charge is 0.381 e. The first-order valence-electron chi connectivity index (χ1n) is 10.5. The second kappa shape index (κ2) is 8.03. The molecule has 0 aliphatic carbocycles. The Kier molecular flexibility index (Phi) is 5.09. The number of nitrogens with zero attached hydrogens (tertiary/aromatic N) is 3. The third-order valence-electron chi connectivity index (χ3n) is 6.07. The van der Waals surface area contributed by atoms with Gasteiger partial charge in [0, 0.05) is 48.3 Å². The van der Waals surface area contributed by atoms with E-state index < -0.39 is 0 Å². The van der Waals surface area contributed by atoms with Gasteiger partial charge in [0.15, 0.2) is 0 Å². The SMILES string of the molecule is C/N=C\CCc1c(C2CCOCC2)n(-c2ccc(F)cc2)c2cc3cn[nH]c3cc12. The molecule has 2 aromatic heterocycles. The van der Waals surface area contributed by atoms with Gasteiger partial charge in [0.2, 0.25) is 0 Å². The van der Waals surface area contributed by atoms with Crippen molar-refractivity contribution in [3.63, 3.8) is 0 Å². The zero-order valence-corrected chi connectivity index (χ0v) is 17.1. The van der Waals surface area contributed by atoms with Crippen LogP contribution in [-0.2, 0) is 11.2 Å². The predicted molar refractivity (Wildman–Crippen MR) is 118 cm³/mol. The molecule has 0 radical (unpaired) electrons. The maximum absolute atomic E-state index is 13.7. The molecule has 0 bridgehead atoms. The second-order valence-electron chi connectivity index (χ2n) is 7.87. The first kappa shape index (κ1) is 19.0. The van der Waals surface area contributed by atoms with Gasteiger partial charge in [-0.3, -0.25) is 5.10 Å². The Balaban J connectivity index is 1.81. The number of benzene rings is 2. The molecule has 3 heterocycles. The number of ether oxygens (including phenoxy) is 1. The fraction of sp³-hybridized carbons (Fsp3) is 0.333. The molecule has 30 heavy (non-hydrogen) atoms. The third kappa shape index (κ3) is 3.31. The Labute approximate surface area is 174 Å². The van der Waals surface area contributed by atoms with Crippen molar-refractivity contribution in [2.24, 2.45) is 4.99 Å².